The Hall–Kier alpha value is -2.89. The number of benzene rings is 1. The molecule has 1 aromatic carbocycles. The SMILES string of the molecule is CCNC(=NCc1ccc(C)cc1)NCCC(=O)Nc1ccc(C)cn1. The molecule has 6 nitrogen and oxygen atoms in total. The maximum atomic E-state index is 12.0. The molecule has 2 aromatic rings. The van der Waals surface area contributed by atoms with Gasteiger partial charge in [0.2, 0.25) is 5.91 Å². The predicted molar refractivity (Wildman–Crippen MR) is 106 cm³/mol. The molecule has 0 atom stereocenters. The van der Waals surface area contributed by atoms with Crippen LogP contribution in [0.15, 0.2) is 47.6 Å². The summed E-state index contributed by atoms with van der Waals surface area (Å²) in [6.07, 6.45) is 2.07. The lowest BCUT2D eigenvalue weighted by Crippen LogP contribution is -2.38. The van der Waals surface area contributed by atoms with Crippen molar-refractivity contribution in [3.63, 3.8) is 0 Å². The Balaban J connectivity index is 1.79. The Kier molecular flexibility index (Phi) is 7.61. The van der Waals surface area contributed by atoms with E-state index in [0.29, 0.717) is 31.3 Å². The summed E-state index contributed by atoms with van der Waals surface area (Å²) in [5, 5.41) is 9.16. The van der Waals surface area contributed by atoms with Crippen LogP contribution in [0.25, 0.3) is 0 Å². The molecule has 0 saturated carbocycles. The van der Waals surface area contributed by atoms with E-state index in [2.05, 4.69) is 57.1 Å². The number of aromatic nitrogens is 1. The fourth-order valence-electron chi connectivity index (χ4n) is 2.25. The number of amides is 1. The summed E-state index contributed by atoms with van der Waals surface area (Å²) >= 11 is 0. The molecule has 0 bridgehead atoms. The summed E-state index contributed by atoms with van der Waals surface area (Å²) in [5.74, 6) is 1.19. The number of anilines is 1. The lowest BCUT2D eigenvalue weighted by Gasteiger charge is -2.11. The average molecular weight is 353 g/mol. The van der Waals surface area contributed by atoms with Gasteiger partial charge in [-0.3, -0.25) is 4.79 Å². The van der Waals surface area contributed by atoms with E-state index >= 15 is 0 Å². The van der Waals surface area contributed by atoms with Crippen LogP contribution >= 0.6 is 0 Å². The third kappa shape index (κ3) is 6.93. The van der Waals surface area contributed by atoms with Crippen molar-refractivity contribution in [2.24, 2.45) is 4.99 Å². The monoisotopic (exact) mass is 353 g/mol. The molecule has 0 unspecified atom stereocenters. The molecular weight excluding hydrogens is 326 g/mol. The molecule has 2 rings (SSSR count). The van der Waals surface area contributed by atoms with Crippen LogP contribution in [0.5, 0.6) is 0 Å². The summed E-state index contributed by atoms with van der Waals surface area (Å²) in [5.41, 5.74) is 3.44. The van der Waals surface area contributed by atoms with Gasteiger partial charge in [0.25, 0.3) is 0 Å². The first-order valence-corrected chi connectivity index (χ1v) is 8.87. The van der Waals surface area contributed by atoms with Crippen LogP contribution in [0.3, 0.4) is 0 Å². The molecule has 0 saturated heterocycles. The predicted octanol–water partition coefficient (Wildman–Crippen LogP) is 2.78. The van der Waals surface area contributed by atoms with E-state index in [4.69, 9.17) is 0 Å². The smallest absolute Gasteiger partial charge is 0.227 e. The van der Waals surface area contributed by atoms with Crippen LogP contribution in [0.4, 0.5) is 5.82 Å². The highest BCUT2D eigenvalue weighted by Gasteiger charge is 2.04. The van der Waals surface area contributed by atoms with Gasteiger partial charge in [0.05, 0.1) is 6.54 Å². The topological polar surface area (TPSA) is 78.4 Å². The van der Waals surface area contributed by atoms with Gasteiger partial charge in [-0.2, -0.15) is 0 Å². The zero-order valence-electron chi connectivity index (χ0n) is 15.7. The molecule has 0 radical (unpaired) electrons. The van der Waals surface area contributed by atoms with Gasteiger partial charge in [-0.05, 0) is 38.0 Å². The van der Waals surface area contributed by atoms with Gasteiger partial charge in [0.1, 0.15) is 5.82 Å². The van der Waals surface area contributed by atoms with Gasteiger partial charge in [-0.25, -0.2) is 9.98 Å². The minimum atomic E-state index is -0.0803. The first kappa shape index (κ1) is 19.4. The van der Waals surface area contributed by atoms with Gasteiger partial charge in [0.15, 0.2) is 5.96 Å². The van der Waals surface area contributed by atoms with E-state index in [0.717, 1.165) is 17.7 Å². The van der Waals surface area contributed by atoms with E-state index in [1.54, 1.807) is 12.3 Å². The van der Waals surface area contributed by atoms with Crippen molar-refractivity contribution >= 4 is 17.7 Å². The Bertz CT molecular complexity index is 723. The van der Waals surface area contributed by atoms with Crippen molar-refractivity contribution in [1.29, 1.82) is 0 Å². The zero-order valence-corrected chi connectivity index (χ0v) is 15.7. The van der Waals surface area contributed by atoms with Crippen molar-refractivity contribution in [1.82, 2.24) is 15.6 Å². The van der Waals surface area contributed by atoms with Crippen molar-refractivity contribution in [3.05, 3.63) is 59.3 Å². The normalized spacial score (nSPS) is 11.1. The van der Waals surface area contributed by atoms with Gasteiger partial charge < -0.3 is 16.0 Å². The second-order valence-corrected chi connectivity index (χ2v) is 6.13. The largest absolute Gasteiger partial charge is 0.357 e. The lowest BCUT2D eigenvalue weighted by molar-refractivity contribution is -0.116. The maximum Gasteiger partial charge on any atom is 0.227 e. The fourth-order valence-corrected chi connectivity index (χ4v) is 2.25. The van der Waals surface area contributed by atoms with E-state index in [1.807, 2.05) is 19.9 Å². The van der Waals surface area contributed by atoms with Crippen LogP contribution in [0, 0.1) is 13.8 Å². The lowest BCUT2D eigenvalue weighted by atomic mass is 10.1. The molecule has 3 N–H and O–H groups in total. The van der Waals surface area contributed by atoms with Gasteiger partial charge >= 0.3 is 0 Å². The quantitative estimate of drug-likeness (QED) is 0.528. The van der Waals surface area contributed by atoms with Crippen molar-refractivity contribution < 1.29 is 4.79 Å². The van der Waals surface area contributed by atoms with Crippen LogP contribution in [0.1, 0.15) is 30.0 Å². The number of aliphatic imine (C=N–C) groups is 1. The summed E-state index contributed by atoms with van der Waals surface area (Å²) in [7, 11) is 0. The number of pyridine rings is 1. The molecule has 0 aliphatic carbocycles. The minimum Gasteiger partial charge on any atom is -0.357 e. The van der Waals surface area contributed by atoms with Gasteiger partial charge in [0, 0.05) is 25.7 Å². The highest BCUT2D eigenvalue weighted by Crippen LogP contribution is 2.05. The van der Waals surface area contributed by atoms with E-state index in [9.17, 15) is 4.79 Å². The summed E-state index contributed by atoms with van der Waals surface area (Å²) in [4.78, 5) is 20.7. The molecule has 0 spiro atoms. The number of hydrogen-bond acceptors (Lipinski definition) is 3. The van der Waals surface area contributed by atoms with Gasteiger partial charge in [-0.1, -0.05) is 35.9 Å². The number of nitrogens with zero attached hydrogens (tertiary/aromatic N) is 2. The number of aryl methyl sites for hydroxylation is 2. The van der Waals surface area contributed by atoms with E-state index in [-0.39, 0.29) is 5.91 Å². The Labute approximate surface area is 155 Å². The van der Waals surface area contributed by atoms with Crippen LogP contribution in [0.2, 0.25) is 0 Å². The van der Waals surface area contributed by atoms with Crippen LogP contribution in [-0.4, -0.2) is 29.9 Å². The molecule has 0 aliphatic rings. The number of carbonyl (C=O) groups excluding carboxylic acids is 1. The molecule has 1 amide bonds. The first-order chi connectivity index (χ1) is 12.6. The summed E-state index contributed by atoms with van der Waals surface area (Å²) in [6, 6.07) is 12.0. The number of rotatable bonds is 7. The van der Waals surface area contributed by atoms with E-state index in [1.165, 1.54) is 5.56 Å². The summed E-state index contributed by atoms with van der Waals surface area (Å²) < 4.78 is 0. The summed E-state index contributed by atoms with van der Waals surface area (Å²) in [6.45, 7) is 7.89. The highest BCUT2D eigenvalue weighted by atomic mass is 16.1. The van der Waals surface area contributed by atoms with E-state index < -0.39 is 0 Å². The van der Waals surface area contributed by atoms with Crippen LogP contribution in [-0.2, 0) is 11.3 Å². The number of hydrogen-bond donors (Lipinski definition) is 3. The number of carbonyl (C=O) groups is 1. The number of guanidine groups is 1. The zero-order chi connectivity index (χ0) is 18.8. The Morgan fingerprint density at radius 2 is 1.77 bits per heavy atom. The third-order valence-electron chi connectivity index (χ3n) is 3.71. The Morgan fingerprint density at radius 3 is 2.42 bits per heavy atom. The highest BCUT2D eigenvalue weighted by molar-refractivity contribution is 5.90. The molecule has 1 aromatic heterocycles. The molecular formula is C20H27N5O. The minimum absolute atomic E-state index is 0.0803. The maximum absolute atomic E-state index is 12.0. The second-order valence-electron chi connectivity index (χ2n) is 6.13. The van der Waals surface area contributed by atoms with Crippen molar-refractivity contribution in [2.75, 3.05) is 18.4 Å². The van der Waals surface area contributed by atoms with Crippen LogP contribution < -0.4 is 16.0 Å². The van der Waals surface area contributed by atoms with Gasteiger partial charge in [-0.15, -0.1) is 0 Å². The second kappa shape index (κ2) is 10.2. The number of nitrogens with one attached hydrogen (secondary N) is 3. The molecule has 138 valence electrons. The first-order valence-electron chi connectivity index (χ1n) is 8.87. The van der Waals surface area contributed by atoms with Crippen molar-refractivity contribution in [2.45, 2.75) is 33.7 Å². The standard InChI is InChI=1S/C20H27N5O/c1-4-21-20(24-14-17-8-5-15(2)6-9-17)22-12-11-19(26)25-18-10-7-16(3)13-23-18/h5-10,13H,4,11-12,14H2,1-3H3,(H2,21,22,24)(H,23,25,26). The molecule has 6 heteroatoms. The molecule has 0 aliphatic heterocycles. The molecule has 1 heterocycles. The molecule has 26 heavy (non-hydrogen) atoms. The van der Waals surface area contributed by atoms with Crippen molar-refractivity contribution in [3.8, 4) is 0 Å². The average Bonchev–Trinajstić information content (AvgIpc) is 2.63. The molecule has 0 fully saturated rings. The third-order valence-corrected chi connectivity index (χ3v) is 3.71. The fraction of sp³-hybridized carbons (Fsp3) is 0.350. The Morgan fingerprint density at radius 1 is 1.04 bits per heavy atom.